The van der Waals surface area contributed by atoms with Gasteiger partial charge in [0, 0.05) is 5.69 Å². The fourth-order valence-corrected chi connectivity index (χ4v) is 1.98. The molecular formula is C8H11N3O3S. The zero-order valence-corrected chi connectivity index (χ0v) is 8.62. The van der Waals surface area contributed by atoms with E-state index in [1.54, 1.807) is 6.07 Å². The minimum atomic E-state index is -3.71. The number of benzene rings is 1. The quantitative estimate of drug-likeness (QED) is 0.576. The van der Waals surface area contributed by atoms with E-state index in [-0.39, 0.29) is 4.90 Å². The molecule has 0 bridgehead atoms. The molecule has 0 atom stereocenters. The van der Waals surface area contributed by atoms with Crippen molar-refractivity contribution in [1.29, 1.82) is 0 Å². The lowest BCUT2D eigenvalue weighted by Crippen LogP contribution is -2.33. The summed E-state index contributed by atoms with van der Waals surface area (Å²) >= 11 is 0. The molecule has 15 heavy (non-hydrogen) atoms. The highest BCUT2D eigenvalue weighted by molar-refractivity contribution is 7.89. The number of nitrogens with two attached hydrogens (primary N) is 2. The average molecular weight is 229 g/mol. The molecule has 5 N–H and O–H groups in total. The largest absolute Gasteiger partial charge is 0.399 e. The summed E-state index contributed by atoms with van der Waals surface area (Å²) in [4.78, 5) is 10.4. The summed E-state index contributed by atoms with van der Waals surface area (Å²) in [6.07, 6.45) is 0. The van der Waals surface area contributed by atoms with E-state index in [9.17, 15) is 13.2 Å². The summed E-state index contributed by atoms with van der Waals surface area (Å²) < 4.78 is 25.1. The molecule has 0 unspecified atom stereocenters. The van der Waals surface area contributed by atoms with Crippen LogP contribution in [0.5, 0.6) is 0 Å². The first kappa shape index (κ1) is 11.5. The lowest BCUT2D eigenvalue weighted by molar-refractivity contribution is -0.116. The minimum Gasteiger partial charge on any atom is -0.399 e. The van der Waals surface area contributed by atoms with Crippen LogP contribution < -0.4 is 16.2 Å². The Labute approximate surface area is 87.3 Å². The molecule has 1 aromatic rings. The molecule has 0 aliphatic heterocycles. The maximum absolute atomic E-state index is 11.5. The fraction of sp³-hybridized carbons (Fsp3) is 0.125. The van der Waals surface area contributed by atoms with Gasteiger partial charge in [0.15, 0.2) is 0 Å². The summed E-state index contributed by atoms with van der Waals surface area (Å²) in [5, 5.41) is 0. The van der Waals surface area contributed by atoms with E-state index in [0.29, 0.717) is 5.69 Å². The van der Waals surface area contributed by atoms with Crippen LogP contribution in [0.2, 0.25) is 0 Å². The van der Waals surface area contributed by atoms with Crippen LogP contribution in [0.4, 0.5) is 5.69 Å². The van der Waals surface area contributed by atoms with Gasteiger partial charge in [0.1, 0.15) is 0 Å². The third-order valence-corrected chi connectivity index (χ3v) is 3.00. The number of sulfonamides is 1. The van der Waals surface area contributed by atoms with Crippen LogP contribution in [0.3, 0.4) is 0 Å². The number of hydrogen-bond acceptors (Lipinski definition) is 4. The van der Waals surface area contributed by atoms with Gasteiger partial charge < -0.3 is 11.5 Å². The number of carbonyl (C=O) groups is 1. The van der Waals surface area contributed by atoms with Crippen LogP contribution in [-0.2, 0) is 14.8 Å². The topological polar surface area (TPSA) is 115 Å². The smallest absolute Gasteiger partial charge is 0.241 e. The van der Waals surface area contributed by atoms with Crippen LogP contribution >= 0.6 is 0 Å². The highest BCUT2D eigenvalue weighted by atomic mass is 32.2. The van der Waals surface area contributed by atoms with Crippen molar-refractivity contribution in [3.05, 3.63) is 24.3 Å². The number of primary amides is 1. The second-order valence-electron chi connectivity index (χ2n) is 2.86. The minimum absolute atomic E-state index is 0.00347. The normalized spacial score (nSPS) is 11.2. The molecule has 82 valence electrons. The Morgan fingerprint density at radius 2 is 2.07 bits per heavy atom. The van der Waals surface area contributed by atoms with E-state index in [1.165, 1.54) is 18.2 Å². The number of amides is 1. The third-order valence-electron chi connectivity index (χ3n) is 1.60. The van der Waals surface area contributed by atoms with E-state index in [1.807, 2.05) is 4.72 Å². The molecule has 0 aromatic heterocycles. The zero-order chi connectivity index (χ0) is 11.5. The molecule has 0 radical (unpaired) electrons. The number of rotatable bonds is 4. The van der Waals surface area contributed by atoms with Crippen LogP contribution in [0.25, 0.3) is 0 Å². The molecule has 1 aromatic carbocycles. The van der Waals surface area contributed by atoms with Gasteiger partial charge in [-0.15, -0.1) is 0 Å². The van der Waals surface area contributed by atoms with Gasteiger partial charge in [-0.25, -0.2) is 13.1 Å². The summed E-state index contributed by atoms with van der Waals surface area (Å²) in [6.45, 7) is -0.433. The van der Waals surface area contributed by atoms with Crippen molar-refractivity contribution >= 4 is 21.6 Å². The SMILES string of the molecule is NC(=O)CNS(=O)(=O)c1cccc(N)c1. The molecule has 0 spiro atoms. The maximum atomic E-state index is 11.5. The van der Waals surface area contributed by atoms with Crippen LogP contribution in [0.15, 0.2) is 29.2 Å². The van der Waals surface area contributed by atoms with E-state index in [4.69, 9.17) is 11.5 Å². The van der Waals surface area contributed by atoms with Gasteiger partial charge in [-0.05, 0) is 18.2 Å². The standard InChI is InChI=1S/C8H11N3O3S/c9-6-2-1-3-7(4-6)15(13,14)11-5-8(10)12/h1-4,11H,5,9H2,(H2,10,12). The summed E-state index contributed by atoms with van der Waals surface area (Å²) in [5.41, 5.74) is 10.6. The van der Waals surface area contributed by atoms with Crippen LogP contribution in [0.1, 0.15) is 0 Å². The number of carbonyl (C=O) groups excluding carboxylic acids is 1. The van der Waals surface area contributed by atoms with E-state index < -0.39 is 22.5 Å². The van der Waals surface area contributed by atoms with Crippen molar-refractivity contribution in [2.75, 3.05) is 12.3 Å². The molecule has 0 saturated heterocycles. The Hall–Kier alpha value is -1.60. The van der Waals surface area contributed by atoms with Crippen molar-refractivity contribution in [3.63, 3.8) is 0 Å². The van der Waals surface area contributed by atoms with Crippen molar-refractivity contribution in [2.45, 2.75) is 4.90 Å². The van der Waals surface area contributed by atoms with Gasteiger partial charge in [0.2, 0.25) is 15.9 Å². The Morgan fingerprint density at radius 1 is 1.40 bits per heavy atom. The summed E-state index contributed by atoms with van der Waals surface area (Å²) in [7, 11) is -3.71. The number of nitrogen functional groups attached to an aromatic ring is 1. The van der Waals surface area contributed by atoms with Gasteiger partial charge in [-0.2, -0.15) is 0 Å². The predicted molar refractivity (Wildman–Crippen MR) is 55.2 cm³/mol. The van der Waals surface area contributed by atoms with Gasteiger partial charge >= 0.3 is 0 Å². The molecule has 0 aliphatic carbocycles. The van der Waals surface area contributed by atoms with Crippen molar-refractivity contribution in [1.82, 2.24) is 4.72 Å². The second kappa shape index (κ2) is 4.28. The average Bonchev–Trinajstić information content (AvgIpc) is 2.15. The van der Waals surface area contributed by atoms with Crippen molar-refractivity contribution < 1.29 is 13.2 Å². The van der Waals surface area contributed by atoms with Gasteiger partial charge in [-0.1, -0.05) is 6.07 Å². The van der Waals surface area contributed by atoms with E-state index in [2.05, 4.69) is 0 Å². The van der Waals surface area contributed by atoms with E-state index >= 15 is 0 Å². The van der Waals surface area contributed by atoms with Gasteiger partial charge in [0.25, 0.3) is 0 Å². The summed E-state index contributed by atoms with van der Waals surface area (Å²) in [6, 6.07) is 5.74. The molecule has 7 heteroatoms. The first-order valence-corrected chi connectivity index (χ1v) is 5.53. The Bertz CT molecular complexity index is 470. The zero-order valence-electron chi connectivity index (χ0n) is 7.80. The first-order valence-electron chi connectivity index (χ1n) is 4.05. The molecule has 1 amide bonds. The molecule has 6 nitrogen and oxygen atoms in total. The Balaban J connectivity index is 2.91. The summed E-state index contributed by atoms with van der Waals surface area (Å²) in [5.74, 6) is -0.748. The van der Waals surface area contributed by atoms with Crippen molar-refractivity contribution in [2.24, 2.45) is 5.73 Å². The van der Waals surface area contributed by atoms with E-state index in [0.717, 1.165) is 0 Å². The Morgan fingerprint density at radius 3 is 2.60 bits per heavy atom. The van der Waals surface area contributed by atoms with Gasteiger partial charge in [0.05, 0.1) is 11.4 Å². The molecule has 1 rings (SSSR count). The predicted octanol–water partition coefficient (Wildman–Crippen LogP) is -0.968. The van der Waals surface area contributed by atoms with Gasteiger partial charge in [-0.3, -0.25) is 4.79 Å². The Kier molecular flexibility index (Phi) is 3.28. The number of hydrogen-bond donors (Lipinski definition) is 3. The number of anilines is 1. The molecule has 0 fully saturated rings. The second-order valence-corrected chi connectivity index (χ2v) is 4.63. The molecular weight excluding hydrogens is 218 g/mol. The fourth-order valence-electron chi connectivity index (χ4n) is 0.931. The molecule has 0 aliphatic rings. The molecule has 0 saturated carbocycles. The maximum Gasteiger partial charge on any atom is 0.241 e. The molecule has 0 heterocycles. The highest BCUT2D eigenvalue weighted by Gasteiger charge is 2.14. The monoisotopic (exact) mass is 229 g/mol. The third kappa shape index (κ3) is 3.22. The van der Waals surface area contributed by atoms with Crippen LogP contribution in [0, 0.1) is 0 Å². The highest BCUT2D eigenvalue weighted by Crippen LogP contribution is 2.11. The van der Waals surface area contributed by atoms with Crippen molar-refractivity contribution in [3.8, 4) is 0 Å². The number of nitrogens with one attached hydrogen (secondary N) is 1. The lowest BCUT2D eigenvalue weighted by atomic mass is 10.3. The van der Waals surface area contributed by atoms with Crippen LogP contribution in [-0.4, -0.2) is 20.9 Å². The lowest BCUT2D eigenvalue weighted by Gasteiger charge is -2.05. The first-order chi connectivity index (χ1) is 6.92.